The fraction of sp³-hybridized carbons (Fsp3) is 0.562. The maximum absolute atomic E-state index is 12.2. The van der Waals surface area contributed by atoms with Crippen LogP contribution in [0, 0.1) is 11.8 Å². The average Bonchev–Trinajstić information content (AvgIpc) is 3.25. The zero-order chi connectivity index (χ0) is 14.5. The summed E-state index contributed by atoms with van der Waals surface area (Å²) in [6, 6.07) is 8.23. The molecule has 0 heterocycles. The van der Waals surface area contributed by atoms with Gasteiger partial charge in [-0.2, -0.15) is 0 Å². The van der Waals surface area contributed by atoms with Crippen LogP contribution in [0.4, 0.5) is 0 Å². The average molecular weight is 340 g/mol. The normalized spacial score (nSPS) is 17.6. The van der Waals surface area contributed by atoms with E-state index in [2.05, 4.69) is 21.2 Å². The van der Waals surface area contributed by atoms with Crippen molar-refractivity contribution in [3.63, 3.8) is 0 Å². The quantitative estimate of drug-likeness (QED) is 0.802. The number of nitrogens with one attached hydrogen (secondary N) is 1. The van der Waals surface area contributed by atoms with Crippen LogP contribution in [0.5, 0.6) is 0 Å². The molecule has 2 unspecified atom stereocenters. The van der Waals surface area contributed by atoms with E-state index < -0.39 is 0 Å². The lowest BCUT2D eigenvalue weighted by Crippen LogP contribution is -2.40. The molecule has 0 radical (unpaired) electrons. The van der Waals surface area contributed by atoms with Crippen molar-refractivity contribution >= 4 is 21.8 Å². The smallest absolute Gasteiger partial charge is 0.223 e. The van der Waals surface area contributed by atoms with Crippen LogP contribution in [0.15, 0.2) is 28.7 Å². The molecule has 0 saturated heterocycles. The number of amides is 1. The number of hydrogen-bond acceptors (Lipinski definition) is 2. The molecule has 1 aromatic rings. The third-order valence-electron chi connectivity index (χ3n) is 3.86. The molecule has 2 rings (SSSR count). The molecule has 3 nitrogen and oxygen atoms in total. The van der Waals surface area contributed by atoms with Gasteiger partial charge in [0.05, 0.1) is 0 Å². The summed E-state index contributed by atoms with van der Waals surface area (Å²) in [4.78, 5) is 12.2. The van der Waals surface area contributed by atoms with E-state index in [1.807, 2.05) is 31.2 Å². The van der Waals surface area contributed by atoms with Crippen molar-refractivity contribution in [1.29, 1.82) is 0 Å². The van der Waals surface area contributed by atoms with E-state index in [4.69, 9.17) is 5.11 Å². The lowest BCUT2D eigenvalue weighted by atomic mass is 9.99. The fourth-order valence-electron chi connectivity index (χ4n) is 2.46. The van der Waals surface area contributed by atoms with Gasteiger partial charge in [-0.1, -0.05) is 35.0 Å². The number of aliphatic hydroxyl groups is 1. The van der Waals surface area contributed by atoms with E-state index >= 15 is 0 Å². The second-order valence-electron chi connectivity index (χ2n) is 5.70. The molecular weight excluding hydrogens is 318 g/mol. The zero-order valence-corrected chi connectivity index (χ0v) is 13.4. The third-order valence-corrected chi connectivity index (χ3v) is 4.39. The summed E-state index contributed by atoms with van der Waals surface area (Å²) in [5, 5.41) is 12.2. The van der Waals surface area contributed by atoms with Crippen LogP contribution in [0.2, 0.25) is 0 Å². The van der Waals surface area contributed by atoms with Gasteiger partial charge in [-0.15, -0.1) is 0 Å². The molecule has 2 atom stereocenters. The van der Waals surface area contributed by atoms with Gasteiger partial charge in [-0.25, -0.2) is 0 Å². The highest BCUT2D eigenvalue weighted by Gasteiger charge is 2.32. The Balaban J connectivity index is 1.85. The summed E-state index contributed by atoms with van der Waals surface area (Å²) in [6.45, 7) is 2.10. The Morgan fingerprint density at radius 3 is 2.60 bits per heavy atom. The predicted molar refractivity (Wildman–Crippen MR) is 83.4 cm³/mol. The van der Waals surface area contributed by atoms with Crippen molar-refractivity contribution in [2.45, 2.75) is 38.6 Å². The number of benzene rings is 1. The SMILES string of the molecule is CC(Cc1ccc(Br)cc1)C(=O)NC(CCO)C1CC1. The molecule has 1 saturated carbocycles. The molecule has 1 aliphatic carbocycles. The van der Waals surface area contributed by atoms with Crippen LogP contribution in [0.3, 0.4) is 0 Å². The minimum absolute atomic E-state index is 0.0453. The number of halogens is 1. The first kappa shape index (κ1) is 15.5. The first-order chi connectivity index (χ1) is 9.60. The number of carbonyl (C=O) groups excluding carboxylic acids is 1. The highest BCUT2D eigenvalue weighted by molar-refractivity contribution is 9.10. The van der Waals surface area contributed by atoms with Gasteiger partial charge in [0, 0.05) is 23.0 Å². The summed E-state index contributed by atoms with van der Waals surface area (Å²) in [7, 11) is 0. The van der Waals surface area contributed by atoms with E-state index in [1.165, 1.54) is 18.4 Å². The molecule has 1 amide bonds. The van der Waals surface area contributed by atoms with Crippen molar-refractivity contribution in [3.8, 4) is 0 Å². The number of rotatable bonds is 7. The van der Waals surface area contributed by atoms with Crippen LogP contribution < -0.4 is 5.32 Å². The Hall–Kier alpha value is -0.870. The van der Waals surface area contributed by atoms with E-state index in [0.717, 1.165) is 10.9 Å². The zero-order valence-electron chi connectivity index (χ0n) is 11.8. The van der Waals surface area contributed by atoms with E-state index in [9.17, 15) is 4.79 Å². The minimum Gasteiger partial charge on any atom is -0.396 e. The molecule has 0 spiro atoms. The van der Waals surface area contributed by atoms with Gasteiger partial charge in [0.25, 0.3) is 0 Å². The lowest BCUT2D eigenvalue weighted by molar-refractivity contribution is -0.125. The van der Waals surface area contributed by atoms with Gasteiger partial charge in [-0.3, -0.25) is 4.79 Å². The largest absolute Gasteiger partial charge is 0.396 e. The van der Waals surface area contributed by atoms with Crippen LogP contribution >= 0.6 is 15.9 Å². The van der Waals surface area contributed by atoms with Crippen molar-refractivity contribution < 1.29 is 9.90 Å². The predicted octanol–water partition coefficient (Wildman–Crippen LogP) is 2.90. The summed E-state index contributed by atoms with van der Waals surface area (Å²) in [5.74, 6) is 0.625. The van der Waals surface area contributed by atoms with Crippen LogP contribution in [-0.4, -0.2) is 23.7 Å². The molecule has 1 aromatic carbocycles. The van der Waals surface area contributed by atoms with Gasteiger partial charge >= 0.3 is 0 Å². The summed E-state index contributed by atoms with van der Waals surface area (Å²) < 4.78 is 1.05. The van der Waals surface area contributed by atoms with Crippen molar-refractivity contribution in [2.24, 2.45) is 11.8 Å². The Labute approximate surface area is 128 Å². The van der Waals surface area contributed by atoms with Crippen molar-refractivity contribution in [2.75, 3.05) is 6.61 Å². The highest BCUT2D eigenvalue weighted by atomic mass is 79.9. The Kier molecular flexibility index (Phi) is 5.61. The summed E-state index contributed by atoms with van der Waals surface area (Å²) in [6.07, 6.45) is 3.76. The number of hydrogen-bond donors (Lipinski definition) is 2. The summed E-state index contributed by atoms with van der Waals surface area (Å²) >= 11 is 3.41. The van der Waals surface area contributed by atoms with Gasteiger partial charge in [0.15, 0.2) is 0 Å². The van der Waals surface area contributed by atoms with Gasteiger partial charge in [0.1, 0.15) is 0 Å². The van der Waals surface area contributed by atoms with Gasteiger partial charge < -0.3 is 10.4 Å². The standard InChI is InChI=1S/C16H22BrNO2/c1-11(10-12-2-6-14(17)7-3-12)16(20)18-15(8-9-19)13-4-5-13/h2-3,6-7,11,13,15,19H,4-5,8-10H2,1H3,(H,18,20). The molecule has 1 aliphatic rings. The Morgan fingerprint density at radius 2 is 2.05 bits per heavy atom. The molecule has 2 N–H and O–H groups in total. The van der Waals surface area contributed by atoms with E-state index in [-0.39, 0.29) is 24.5 Å². The third kappa shape index (κ3) is 4.60. The molecule has 0 aromatic heterocycles. The lowest BCUT2D eigenvalue weighted by Gasteiger charge is -2.20. The minimum atomic E-state index is -0.0453. The van der Waals surface area contributed by atoms with Crippen molar-refractivity contribution in [1.82, 2.24) is 5.32 Å². The maximum atomic E-state index is 12.2. The molecule has 0 aliphatic heterocycles. The highest BCUT2D eigenvalue weighted by Crippen LogP contribution is 2.34. The summed E-state index contributed by atoms with van der Waals surface area (Å²) in [5.41, 5.74) is 1.17. The monoisotopic (exact) mass is 339 g/mol. The van der Waals surface area contributed by atoms with Gasteiger partial charge in [-0.05, 0) is 49.3 Å². The molecule has 20 heavy (non-hydrogen) atoms. The van der Waals surface area contributed by atoms with Crippen LogP contribution in [0.25, 0.3) is 0 Å². The Bertz CT molecular complexity index is 442. The molecule has 1 fully saturated rings. The fourth-order valence-corrected chi connectivity index (χ4v) is 2.72. The first-order valence-corrected chi connectivity index (χ1v) is 8.05. The topological polar surface area (TPSA) is 49.3 Å². The van der Waals surface area contributed by atoms with E-state index in [0.29, 0.717) is 12.3 Å². The second-order valence-corrected chi connectivity index (χ2v) is 6.61. The second kappa shape index (κ2) is 7.23. The molecule has 110 valence electrons. The number of aliphatic hydroxyl groups excluding tert-OH is 1. The molecular formula is C16H22BrNO2. The number of carbonyl (C=O) groups is 1. The van der Waals surface area contributed by atoms with Gasteiger partial charge in [0.2, 0.25) is 5.91 Å². The first-order valence-electron chi connectivity index (χ1n) is 7.26. The Morgan fingerprint density at radius 1 is 1.40 bits per heavy atom. The van der Waals surface area contributed by atoms with Crippen LogP contribution in [0.1, 0.15) is 31.7 Å². The molecule has 4 heteroatoms. The molecule has 0 bridgehead atoms. The van der Waals surface area contributed by atoms with Crippen LogP contribution in [-0.2, 0) is 11.2 Å². The maximum Gasteiger partial charge on any atom is 0.223 e. The van der Waals surface area contributed by atoms with E-state index in [1.54, 1.807) is 0 Å². The van der Waals surface area contributed by atoms with Crippen molar-refractivity contribution in [3.05, 3.63) is 34.3 Å².